The van der Waals surface area contributed by atoms with Gasteiger partial charge < -0.3 is 9.64 Å². The van der Waals surface area contributed by atoms with Gasteiger partial charge in [-0.05, 0) is 64.7 Å². The summed E-state index contributed by atoms with van der Waals surface area (Å²) in [4.78, 5) is 1.66. The third-order valence-electron chi connectivity index (χ3n) is 3.63. The first-order valence-electron chi connectivity index (χ1n) is 8.43. The molecule has 3 nitrogen and oxygen atoms in total. The Hall–Kier alpha value is -2.64. The molecule has 0 aromatic heterocycles. The number of ether oxygens (including phenoxy) is 1. The summed E-state index contributed by atoms with van der Waals surface area (Å²) in [7, 11) is 1.75. The average molecular weight is 453 g/mol. The molecule has 0 bridgehead atoms. The van der Waals surface area contributed by atoms with Gasteiger partial charge in [0.15, 0.2) is 0 Å². The SMILES string of the molecule is CC.CC#CN(C)c1c(C)c(-c2ccc(OC(F)(F)F)cc2)cc(Br)c1C#N. The molecule has 0 fully saturated rings. The zero-order valence-electron chi connectivity index (χ0n) is 16.2. The van der Waals surface area contributed by atoms with Crippen LogP contribution in [0.15, 0.2) is 34.8 Å². The maximum absolute atomic E-state index is 12.3. The number of halogens is 4. The lowest BCUT2D eigenvalue weighted by atomic mass is 9.96. The molecule has 0 saturated carbocycles. The standard InChI is InChI=1S/C19H14BrF3N2O.C2H6/c1-4-9-25(3)18-12(2)15(10-17(20)16(18)11-24)13-5-7-14(8-6-13)26-19(21,22)23;1-2/h5-8,10H,1-3H3;1-2H3. The fourth-order valence-electron chi connectivity index (χ4n) is 2.62. The summed E-state index contributed by atoms with van der Waals surface area (Å²) >= 11 is 3.39. The van der Waals surface area contributed by atoms with Crippen molar-refractivity contribution in [2.24, 2.45) is 0 Å². The van der Waals surface area contributed by atoms with Crippen LogP contribution < -0.4 is 9.64 Å². The molecule has 0 amide bonds. The van der Waals surface area contributed by atoms with Crippen molar-refractivity contribution in [3.05, 3.63) is 45.9 Å². The Morgan fingerprint density at radius 1 is 1.14 bits per heavy atom. The van der Waals surface area contributed by atoms with E-state index in [0.717, 1.165) is 11.1 Å². The van der Waals surface area contributed by atoms with Crippen molar-refractivity contribution in [2.45, 2.75) is 34.1 Å². The number of benzene rings is 2. The zero-order valence-corrected chi connectivity index (χ0v) is 17.8. The summed E-state index contributed by atoms with van der Waals surface area (Å²) < 4.78 is 41.4. The van der Waals surface area contributed by atoms with Crippen molar-refractivity contribution in [2.75, 3.05) is 11.9 Å². The van der Waals surface area contributed by atoms with Gasteiger partial charge in [-0.2, -0.15) is 5.26 Å². The largest absolute Gasteiger partial charge is 0.573 e. The molecule has 28 heavy (non-hydrogen) atoms. The van der Waals surface area contributed by atoms with E-state index in [0.29, 0.717) is 21.3 Å². The van der Waals surface area contributed by atoms with Crippen molar-refractivity contribution in [3.63, 3.8) is 0 Å². The molecule has 0 spiro atoms. The predicted molar refractivity (Wildman–Crippen MR) is 109 cm³/mol. The van der Waals surface area contributed by atoms with Crippen LogP contribution >= 0.6 is 15.9 Å². The van der Waals surface area contributed by atoms with E-state index in [1.54, 1.807) is 24.9 Å². The molecule has 7 heteroatoms. The number of nitrogens with zero attached hydrogens (tertiary/aromatic N) is 2. The maximum Gasteiger partial charge on any atom is 0.573 e. The summed E-state index contributed by atoms with van der Waals surface area (Å²) in [5, 5.41) is 9.47. The molecule has 2 aromatic carbocycles. The van der Waals surface area contributed by atoms with Crippen molar-refractivity contribution >= 4 is 21.6 Å². The molecular weight excluding hydrogens is 433 g/mol. The van der Waals surface area contributed by atoms with E-state index in [9.17, 15) is 18.4 Å². The smallest absolute Gasteiger partial charge is 0.406 e. The van der Waals surface area contributed by atoms with Gasteiger partial charge in [-0.25, -0.2) is 0 Å². The lowest BCUT2D eigenvalue weighted by molar-refractivity contribution is -0.274. The first kappa shape index (κ1) is 23.4. The van der Waals surface area contributed by atoms with E-state index >= 15 is 0 Å². The molecule has 0 aliphatic carbocycles. The normalized spacial score (nSPS) is 10.0. The second-order valence-electron chi connectivity index (χ2n) is 5.36. The Kier molecular flexibility index (Phi) is 8.40. The van der Waals surface area contributed by atoms with Gasteiger partial charge in [0, 0.05) is 17.6 Å². The molecule has 0 atom stereocenters. The van der Waals surface area contributed by atoms with Crippen molar-refractivity contribution in [3.8, 4) is 34.9 Å². The minimum absolute atomic E-state index is 0.291. The summed E-state index contributed by atoms with van der Waals surface area (Å²) in [6.07, 6.45) is -4.73. The summed E-state index contributed by atoms with van der Waals surface area (Å²) in [5.41, 5.74) is 3.34. The van der Waals surface area contributed by atoms with Crippen LogP contribution in [-0.4, -0.2) is 13.4 Å². The Morgan fingerprint density at radius 2 is 1.71 bits per heavy atom. The highest BCUT2D eigenvalue weighted by Gasteiger charge is 2.31. The molecule has 0 N–H and O–H groups in total. The van der Waals surface area contributed by atoms with Crippen LogP contribution in [0.25, 0.3) is 11.1 Å². The molecule has 0 heterocycles. The first-order valence-corrected chi connectivity index (χ1v) is 9.22. The van der Waals surface area contributed by atoms with Crippen LogP contribution in [0, 0.1) is 30.2 Å². The van der Waals surface area contributed by atoms with Gasteiger partial charge in [0.05, 0.1) is 11.3 Å². The van der Waals surface area contributed by atoms with Crippen LogP contribution in [0.4, 0.5) is 18.9 Å². The molecule has 0 saturated heterocycles. The Labute approximate surface area is 171 Å². The van der Waals surface area contributed by atoms with Crippen LogP contribution in [0.1, 0.15) is 31.9 Å². The maximum atomic E-state index is 12.3. The third kappa shape index (κ3) is 5.68. The molecule has 2 aromatic rings. The van der Waals surface area contributed by atoms with Gasteiger partial charge in [-0.1, -0.05) is 31.9 Å². The van der Waals surface area contributed by atoms with Crippen LogP contribution in [-0.2, 0) is 0 Å². The topological polar surface area (TPSA) is 36.3 Å². The molecule has 0 aliphatic rings. The molecule has 0 radical (unpaired) electrons. The number of rotatable bonds is 3. The van der Waals surface area contributed by atoms with Gasteiger partial charge in [-0.15, -0.1) is 13.2 Å². The van der Waals surface area contributed by atoms with Crippen molar-refractivity contribution in [1.82, 2.24) is 0 Å². The Morgan fingerprint density at radius 3 is 2.18 bits per heavy atom. The summed E-state index contributed by atoms with van der Waals surface area (Å²) in [6.45, 7) is 7.53. The van der Waals surface area contributed by atoms with Gasteiger partial charge in [-0.3, -0.25) is 0 Å². The minimum atomic E-state index is -4.73. The number of anilines is 1. The van der Waals surface area contributed by atoms with Gasteiger partial charge >= 0.3 is 6.36 Å². The molecule has 148 valence electrons. The van der Waals surface area contributed by atoms with Crippen molar-refractivity contribution < 1.29 is 17.9 Å². The third-order valence-corrected chi connectivity index (χ3v) is 4.26. The highest BCUT2D eigenvalue weighted by molar-refractivity contribution is 9.10. The van der Waals surface area contributed by atoms with E-state index in [1.807, 2.05) is 20.8 Å². The van der Waals surface area contributed by atoms with Crippen LogP contribution in [0.3, 0.4) is 0 Å². The fraction of sp³-hybridized carbons (Fsp3) is 0.286. The number of hydrogen-bond acceptors (Lipinski definition) is 3. The lowest BCUT2D eigenvalue weighted by Crippen LogP contribution is -2.17. The average Bonchev–Trinajstić information content (AvgIpc) is 2.64. The van der Waals surface area contributed by atoms with E-state index in [4.69, 9.17) is 0 Å². The number of hydrogen-bond donors (Lipinski definition) is 0. The van der Waals surface area contributed by atoms with E-state index < -0.39 is 6.36 Å². The second-order valence-corrected chi connectivity index (χ2v) is 6.21. The fourth-order valence-corrected chi connectivity index (χ4v) is 3.13. The number of alkyl halides is 3. The van der Waals surface area contributed by atoms with Crippen LogP contribution in [0.2, 0.25) is 0 Å². The summed E-state index contributed by atoms with van der Waals surface area (Å²) in [5.74, 6) is 2.49. The van der Waals surface area contributed by atoms with E-state index in [2.05, 4.69) is 38.7 Å². The minimum Gasteiger partial charge on any atom is -0.406 e. The Balaban J connectivity index is 0.00000190. The quantitative estimate of drug-likeness (QED) is 0.386. The first-order chi connectivity index (χ1) is 13.2. The van der Waals surface area contributed by atoms with Gasteiger partial charge in [0.1, 0.15) is 11.8 Å². The highest BCUT2D eigenvalue weighted by atomic mass is 79.9. The van der Waals surface area contributed by atoms with E-state index in [1.165, 1.54) is 24.3 Å². The lowest BCUT2D eigenvalue weighted by Gasteiger charge is -2.20. The van der Waals surface area contributed by atoms with E-state index in [-0.39, 0.29) is 5.75 Å². The van der Waals surface area contributed by atoms with Gasteiger partial charge in [0.2, 0.25) is 0 Å². The Bertz CT molecular complexity index is 920. The van der Waals surface area contributed by atoms with Crippen molar-refractivity contribution in [1.29, 1.82) is 5.26 Å². The summed E-state index contributed by atoms with van der Waals surface area (Å²) in [6, 6.07) is 12.4. The second kappa shape index (κ2) is 10.1. The molecular formula is C21H20BrF3N2O. The molecule has 0 aliphatic heterocycles. The number of nitriles is 1. The van der Waals surface area contributed by atoms with Crippen LogP contribution in [0.5, 0.6) is 5.75 Å². The molecule has 0 unspecified atom stereocenters. The monoisotopic (exact) mass is 452 g/mol. The zero-order chi connectivity index (χ0) is 21.5. The van der Waals surface area contributed by atoms with Gasteiger partial charge in [0.25, 0.3) is 0 Å². The highest BCUT2D eigenvalue weighted by Crippen LogP contribution is 2.38. The molecule has 2 rings (SSSR count). The predicted octanol–water partition coefficient (Wildman–Crippen LogP) is 6.64.